The number of carbonyl (C=O) groups is 1. The van der Waals surface area contributed by atoms with Crippen molar-refractivity contribution in [1.82, 2.24) is 30.7 Å². The summed E-state index contributed by atoms with van der Waals surface area (Å²) >= 11 is 0. The van der Waals surface area contributed by atoms with Gasteiger partial charge in [0, 0.05) is 11.3 Å². The average Bonchev–Trinajstić information content (AvgIpc) is 3.19. The molecule has 3 aromatic rings. The van der Waals surface area contributed by atoms with Crippen molar-refractivity contribution in [3.8, 4) is 23.2 Å². The molecule has 3 aromatic heterocycles. The van der Waals surface area contributed by atoms with Crippen molar-refractivity contribution in [2.24, 2.45) is 0 Å². The van der Waals surface area contributed by atoms with Gasteiger partial charge in [-0.2, -0.15) is 28.6 Å². The van der Waals surface area contributed by atoms with E-state index in [4.69, 9.17) is 10.00 Å². The van der Waals surface area contributed by atoms with Gasteiger partial charge in [0.05, 0.1) is 29.2 Å². The minimum Gasteiger partial charge on any atom is -0.471 e. The van der Waals surface area contributed by atoms with Crippen LogP contribution in [0.25, 0.3) is 11.3 Å². The lowest BCUT2D eigenvalue weighted by Gasteiger charge is -2.14. The number of nitrogens with zero attached hydrogens (tertiary/aromatic N) is 5. The summed E-state index contributed by atoms with van der Waals surface area (Å²) < 4.78 is 69.7. The Hall–Kier alpha value is -4.35. The zero-order valence-corrected chi connectivity index (χ0v) is 19.1. The molecule has 2 amide bonds. The molecule has 3 N–H and O–H groups in total. The number of aryl methyl sites for hydroxylation is 2. The molecule has 0 atom stereocenters. The molecule has 0 aliphatic heterocycles. The topological polar surface area (TPSA) is 142 Å². The second kappa shape index (κ2) is 10.5. The molecule has 0 aliphatic rings. The van der Waals surface area contributed by atoms with Gasteiger partial charge in [0.1, 0.15) is 11.8 Å². The summed E-state index contributed by atoms with van der Waals surface area (Å²) in [5.74, 6) is -0.227. The van der Waals surface area contributed by atoms with Gasteiger partial charge in [-0.05, 0) is 38.5 Å². The molecule has 190 valence electrons. The number of anilines is 1. The molecule has 0 fully saturated rings. The molecule has 0 saturated carbocycles. The van der Waals surface area contributed by atoms with E-state index in [9.17, 15) is 26.7 Å². The van der Waals surface area contributed by atoms with Crippen LogP contribution in [0.1, 0.15) is 33.9 Å². The van der Waals surface area contributed by atoms with Crippen molar-refractivity contribution >= 4 is 11.7 Å². The minimum absolute atomic E-state index is 0.00505. The van der Waals surface area contributed by atoms with Crippen molar-refractivity contribution in [2.45, 2.75) is 39.9 Å². The highest BCUT2D eigenvalue weighted by molar-refractivity contribution is 5.90. The monoisotopic (exact) mass is 510 g/mol. The van der Waals surface area contributed by atoms with Crippen LogP contribution in [-0.2, 0) is 12.7 Å². The zero-order valence-electron chi connectivity index (χ0n) is 19.1. The Morgan fingerprint density at radius 1 is 1.22 bits per heavy atom. The zero-order chi connectivity index (χ0) is 26.6. The third kappa shape index (κ3) is 6.01. The molecule has 0 aliphatic carbocycles. The molecule has 0 bridgehead atoms. The number of H-pyrrole nitrogens is 1. The number of halogens is 5. The number of amides is 2. The summed E-state index contributed by atoms with van der Waals surface area (Å²) in [5, 5.41) is 27.5. The Bertz CT molecular complexity index is 1320. The lowest BCUT2D eigenvalue weighted by molar-refractivity contribution is -0.140. The van der Waals surface area contributed by atoms with Gasteiger partial charge in [0.15, 0.2) is 12.3 Å². The number of urea groups is 1. The average molecular weight is 510 g/mol. The molecule has 0 radical (unpaired) electrons. The van der Waals surface area contributed by atoms with Crippen LogP contribution in [0.4, 0.5) is 32.4 Å². The second-order valence-corrected chi connectivity index (χ2v) is 7.54. The van der Waals surface area contributed by atoms with E-state index < -0.39 is 30.9 Å². The van der Waals surface area contributed by atoms with Crippen LogP contribution in [0.15, 0.2) is 12.1 Å². The molecule has 0 aromatic carbocycles. The third-order valence-corrected chi connectivity index (χ3v) is 4.85. The van der Waals surface area contributed by atoms with Crippen molar-refractivity contribution < 1.29 is 31.5 Å². The van der Waals surface area contributed by atoms with Gasteiger partial charge in [0.2, 0.25) is 5.88 Å². The molecule has 0 spiro atoms. The summed E-state index contributed by atoms with van der Waals surface area (Å²) in [6, 6.07) is 3.73. The SMILES string of the molecule is Cc1cc(CNC(=O)Nc2cc(C#N)nc(OCC(F)F)c2C)nnc1-c1c(C(F)(F)F)n[nH]c1C. The van der Waals surface area contributed by atoms with Crippen LogP contribution >= 0.6 is 0 Å². The van der Waals surface area contributed by atoms with Gasteiger partial charge in [-0.1, -0.05) is 0 Å². The Labute approximate surface area is 200 Å². The molecule has 3 heterocycles. The highest BCUT2D eigenvalue weighted by Crippen LogP contribution is 2.37. The summed E-state index contributed by atoms with van der Waals surface area (Å²) in [5.41, 5.74) is -0.351. The standard InChI is InChI=1S/C21H19F5N8O2/c1-9-4-13(32-33-17(9)16-11(3)31-34-18(16)21(24,25)26)7-28-20(35)30-14-5-12(6-27)29-19(10(14)2)36-8-15(22)23/h4-5,15H,7-8H2,1-3H3,(H,31,34)(H2,28,29,30,35). The van der Waals surface area contributed by atoms with Crippen molar-refractivity contribution in [2.75, 3.05) is 11.9 Å². The van der Waals surface area contributed by atoms with E-state index in [1.165, 1.54) is 26.0 Å². The van der Waals surface area contributed by atoms with E-state index in [0.29, 0.717) is 5.56 Å². The quantitative estimate of drug-likeness (QED) is 0.407. The number of hydrogen-bond acceptors (Lipinski definition) is 7. The van der Waals surface area contributed by atoms with Crippen LogP contribution < -0.4 is 15.4 Å². The van der Waals surface area contributed by atoms with Gasteiger partial charge in [-0.3, -0.25) is 5.10 Å². The van der Waals surface area contributed by atoms with Crippen LogP contribution in [-0.4, -0.2) is 44.4 Å². The lowest BCUT2D eigenvalue weighted by Crippen LogP contribution is -2.29. The molecule has 3 rings (SSSR count). The van der Waals surface area contributed by atoms with E-state index >= 15 is 0 Å². The number of hydrogen-bond donors (Lipinski definition) is 3. The van der Waals surface area contributed by atoms with Crippen LogP contribution in [0.5, 0.6) is 5.88 Å². The molecular weight excluding hydrogens is 491 g/mol. The maximum Gasteiger partial charge on any atom is 0.435 e. The predicted molar refractivity (Wildman–Crippen MR) is 115 cm³/mol. The first-order chi connectivity index (χ1) is 16.9. The Balaban J connectivity index is 1.73. The number of pyridine rings is 1. The summed E-state index contributed by atoms with van der Waals surface area (Å²) in [6.07, 6.45) is -7.45. The molecule has 36 heavy (non-hydrogen) atoms. The van der Waals surface area contributed by atoms with E-state index in [1.54, 1.807) is 13.0 Å². The van der Waals surface area contributed by atoms with Crippen LogP contribution in [0, 0.1) is 32.1 Å². The molecule has 10 nitrogen and oxygen atoms in total. The Morgan fingerprint density at radius 2 is 1.94 bits per heavy atom. The highest BCUT2D eigenvalue weighted by Gasteiger charge is 2.38. The number of aromatic amines is 1. The summed E-state index contributed by atoms with van der Waals surface area (Å²) in [6.45, 7) is 3.36. The van der Waals surface area contributed by atoms with E-state index in [-0.39, 0.29) is 52.0 Å². The van der Waals surface area contributed by atoms with Gasteiger partial charge in [0.25, 0.3) is 6.43 Å². The fourth-order valence-electron chi connectivity index (χ4n) is 3.19. The fraction of sp³-hybridized carbons (Fsp3) is 0.333. The minimum atomic E-state index is -4.69. The van der Waals surface area contributed by atoms with E-state index in [2.05, 4.69) is 36.0 Å². The molecule has 0 unspecified atom stereocenters. The maximum absolute atomic E-state index is 13.3. The normalized spacial score (nSPS) is 11.3. The number of carbonyl (C=O) groups excluding carboxylic acids is 1. The lowest BCUT2D eigenvalue weighted by atomic mass is 10.0. The second-order valence-electron chi connectivity index (χ2n) is 7.54. The number of nitriles is 1. The van der Waals surface area contributed by atoms with E-state index in [1.807, 2.05) is 0 Å². The largest absolute Gasteiger partial charge is 0.471 e. The predicted octanol–water partition coefficient (Wildman–Crippen LogP) is 4.04. The molecule has 0 saturated heterocycles. The van der Waals surface area contributed by atoms with E-state index in [0.717, 1.165) is 0 Å². The van der Waals surface area contributed by atoms with Gasteiger partial charge >= 0.3 is 12.2 Å². The smallest absolute Gasteiger partial charge is 0.435 e. The first-order valence-electron chi connectivity index (χ1n) is 10.2. The van der Waals surface area contributed by atoms with Crippen LogP contribution in [0.3, 0.4) is 0 Å². The fourth-order valence-corrected chi connectivity index (χ4v) is 3.19. The Morgan fingerprint density at radius 3 is 2.56 bits per heavy atom. The number of aromatic nitrogens is 5. The highest BCUT2D eigenvalue weighted by atomic mass is 19.4. The Kier molecular flexibility index (Phi) is 7.66. The first kappa shape index (κ1) is 26.3. The van der Waals surface area contributed by atoms with Crippen molar-refractivity contribution in [3.63, 3.8) is 0 Å². The van der Waals surface area contributed by atoms with Crippen molar-refractivity contribution in [3.05, 3.63) is 46.0 Å². The molecular formula is C21H19F5N8O2. The number of alkyl halides is 5. The number of ether oxygens (including phenoxy) is 1. The number of nitrogens with one attached hydrogen (secondary N) is 3. The van der Waals surface area contributed by atoms with Gasteiger partial charge in [-0.15, -0.1) is 5.10 Å². The van der Waals surface area contributed by atoms with Crippen LogP contribution in [0.2, 0.25) is 0 Å². The first-order valence-corrected chi connectivity index (χ1v) is 10.2. The third-order valence-electron chi connectivity index (χ3n) is 4.85. The van der Waals surface area contributed by atoms with Crippen molar-refractivity contribution in [1.29, 1.82) is 5.26 Å². The molecule has 15 heteroatoms. The van der Waals surface area contributed by atoms with Gasteiger partial charge in [-0.25, -0.2) is 18.6 Å². The summed E-state index contributed by atoms with van der Waals surface area (Å²) in [7, 11) is 0. The van der Waals surface area contributed by atoms with Gasteiger partial charge < -0.3 is 15.4 Å². The number of rotatable bonds is 7. The maximum atomic E-state index is 13.3. The summed E-state index contributed by atoms with van der Waals surface area (Å²) in [4.78, 5) is 16.2.